The van der Waals surface area contributed by atoms with Crippen LogP contribution in [0.1, 0.15) is 84.5 Å². The zero-order valence-corrected chi connectivity index (χ0v) is 11.8. The molecule has 0 saturated heterocycles. The molecule has 0 radical (unpaired) electrons. The summed E-state index contributed by atoms with van der Waals surface area (Å²) in [4.78, 5) is 11.6. The number of ketones is 1. The number of carbonyl (C=O) groups excluding carboxylic acids is 1. The van der Waals surface area contributed by atoms with Gasteiger partial charge in [-0.1, -0.05) is 52.4 Å². The summed E-state index contributed by atoms with van der Waals surface area (Å²) in [6.07, 6.45) is 13.4. The fourth-order valence-electron chi connectivity index (χ4n) is 3.04. The molecule has 1 saturated carbocycles. The van der Waals surface area contributed by atoms with Crippen LogP contribution < -0.4 is 0 Å². The highest BCUT2D eigenvalue weighted by atomic mass is 16.1. The summed E-state index contributed by atoms with van der Waals surface area (Å²) in [6, 6.07) is 0. The van der Waals surface area contributed by atoms with Crippen LogP contribution in [0, 0.1) is 11.8 Å². The number of Topliss-reactive ketones (excluding diaryl/α,β-unsaturated/α-hetero) is 1. The molecule has 1 rings (SSSR count). The van der Waals surface area contributed by atoms with Crippen LogP contribution in [-0.2, 0) is 4.79 Å². The van der Waals surface area contributed by atoms with E-state index >= 15 is 0 Å². The predicted octanol–water partition coefficient (Wildman–Crippen LogP) is 5.13. The molecule has 1 heteroatoms. The third-order valence-electron chi connectivity index (χ3n) is 3.94. The van der Waals surface area contributed by atoms with Gasteiger partial charge in [0.2, 0.25) is 0 Å². The molecule has 0 amide bonds. The van der Waals surface area contributed by atoms with E-state index in [9.17, 15) is 4.79 Å². The van der Waals surface area contributed by atoms with Crippen molar-refractivity contribution in [3.8, 4) is 0 Å². The second kappa shape index (κ2) is 8.72. The average molecular weight is 238 g/mol. The fraction of sp³-hybridized carbons (Fsp3) is 0.938. The minimum atomic E-state index is 0.506. The van der Waals surface area contributed by atoms with Crippen LogP contribution in [0.5, 0.6) is 0 Å². The number of carbonyl (C=O) groups is 1. The maximum absolute atomic E-state index is 11.6. The molecule has 0 bridgehead atoms. The molecular weight excluding hydrogens is 208 g/mol. The summed E-state index contributed by atoms with van der Waals surface area (Å²) in [6.45, 7) is 4.67. The van der Waals surface area contributed by atoms with Crippen LogP contribution in [0.15, 0.2) is 0 Å². The van der Waals surface area contributed by atoms with Crippen molar-refractivity contribution >= 4 is 5.78 Å². The Hall–Kier alpha value is -0.330. The van der Waals surface area contributed by atoms with Gasteiger partial charge in [0.1, 0.15) is 5.78 Å². The molecule has 0 aliphatic heterocycles. The summed E-state index contributed by atoms with van der Waals surface area (Å²) < 4.78 is 0. The third-order valence-corrected chi connectivity index (χ3v) is 3.94. The van der Waals surface area contributed by atoms with Gasteiger partial charge in [0.25, 0.3) is 0 Å². The van der Waals surface area contributed by atoms with Gasteiger partial charge >= 0.3 is 0 Å². The van der Waals surface area contributed by atoms with Crippen molar-refractivity contribution in [2.75, 3.05) is 0 Å². The van der Waals surface area contributed by atoms with Crippen molar-refractivity contribution < 1.29 is 4.79 Å². The van der Waals surface area contributed by atoms with E-state index in [1.54, 1.807) is 0 Å². The Labute approximate surface area is 107 Å². The van der Waals surface area contributed by atoms with Gasteiger partial charge < -0.3 is 0 Å². The maximum atomic E-state index is 11.6. The highest BCUT2D eigenvalue weighted by molar-refractivity contribution is 5.78. The zero-order chi connectivity index (χ0) is 12.5. The molecule has 17 heavy (non-hydrogen) atoms. The fourth-order valence-corrected chi connectivity index (χ4v) is 3.04. The largest absolute Gasteiger partial charge is 0.300 e. The topological polar surface area (TPSA) is 17.1 Å². The monoisotopic (exact) mass is 238 g/mol. The molecule has 1 fully saturated rings. The van der Waals surface area contributed by atoms with Crippen molar-refractivity contribution in [1.29, 1.82) is 0 Å². The van der Waals surface area contributed by atoms with Crippen LogP contribution in [-0.4, -0.2) is 5.78 Å². The summed E-state index contributed by atoms with van der Waals surface area (Å²) in [5, 5.41) is 0. The first-order chi connectivity index (χ1) is 8.18. The Morgan fingerprint density at radius 3 is 2.12 bits per heavy atom. The first kappa shape index (κ1) is 14.7. The van der Waals surface area contributed by atoms with E-state index in [0.29, 0.717) is 5.78 Å². The molecule has 0 heterocycles. The van der Waals surface area contributed by atoms with E-state index in [1.165, 1.54) is 44.9 Å². The highest BCUT2D eigenvalue weighted by Crippen LogP contribution is 2.25. The lowest BCUT2D eigenvalue weighted by Gasteiger charge is -2.19. The van der Waals surface area contributed by atoms with Gasteiger partial charge in [-0.3, -0.25) is 4.79 Å². The Balaban J connectivity index is 2.33. The van der Waals surface area contributed by atoms with Gasteiger partial charge in [-0.05, 0) is 31.1 Å². The van der Waals surface area contributed by atoms with Crippen molar-refractivity contribution in [3.05, 3.63) is 0 Å². The molecule has 1 atom stereocenters. The van der Waals surface area contributed by atoms with E-state index in [2.05, 4.69) is 13.8 Å². The van der Waals surface area contributed by atoms with Crippen LogP contribution in [0.4, 0.5) is 0 Å². The third kappa shape index (κ3) is 7.57. The van der Waals surface area contributed by atoms with Gasteiger partial charge in [0, 0.05) is 12.8 Å². The predicted molar refractivity (Wildman–Crippen MR) is 74.1 cm³/mol. The molecule has 0 N–H and O–H groups in total. The molecular formula is C16H30O. The number of rotatable bonds is 2. The van der Waals surface area contributed by atoms with E-state index in [4.69, 9.17) is 0 Å². The lowest BCUT2D eigenvalue weighted by Crippen LogP contribution is -2.07. The lowest BCUT2D eigenvalue weighted by molar-refractivity contribution is -0.119. The van der Waals surface area contributed by atoms with Gasteiger partial charge in [-0.25, -0.2) is 0 Å². The molecule has 0 aromatic carbocycles. The molecule has 100 valence electrons. The second-order valence-corrected chi connectivity index (χ2v) is 6.23. The van der Waals surface area contributed by atoms with Gasteiger partial charge in [-0.15, -0.1) is 0 Å². The van der Waals surface area contributed by atoms with Crippen molar-refractivity contribution in [3.63, 3.8) is 0 Å². The second-order valence-electron chi connectivity index (χ2n) is 6.23. The minimum absolute atomic E-state index is 0.506. The number of hydrogen-bond donors (Lipinski definition) is 0. The first-order valence-electron chi connectivity index (χ1n) is 7.70. The Morgan fingerprint density at radius 1 is 0.941 bits per heavy atom. The molecule has 0 aromatic rings. The van der Waals surface area contributed by atoms with Crippen molar-refractivity contribution in [2.45, 2.75) is 84.5 Å². The molecule has 0 aromatic heterocycles. The first-order valence-corrected chi connectivity index (χ1v) is 7.70. The summed E-state index contributed by atoms with van der Waals surface area (Å²) >= 11 is 0. The van der Waals surface area contributed by atoms with Gasteiger partial charge in [-0.2, -0.15) is 0 Å². The maximum Gasteiger partial charge on any atom is 0.132 e. The van der Waals surface area contributed by atoms with Crippen LogP contribution in [0.2, 0.25) is 0 Å². The average Bonchev–Trinajstić information content (AvgIpc) is 2.25. The lowest BCUT2D eigenvalue weighted by atomic mass is 9.87. The Morgan fingerprint density at radius 2 is 1.47 bits per heavy atom. The smallest absolute Gasteiger partial charge is 0.132 e. The normalized spacial score (nSPS) is 25.4. The van der Waals surface area contributed by atoms with Gasteiger partial charge in [0.15, 0.2) is 0 Å². The standard InChI is InChI=1S/C16H30O/c1-14(2)13-15-9-5-3-4-6-11-16(17)12-8-7-10-15/h14-15H,3-13H2,1-2H3. The van der Waals surface area contributed by atoms with Crippen LogP contribution >= 0.6 is 0 Å². The quantitative estimate of drug-likeness (QED) is 0.651. The Kier molecular flexibility index (Phi) is 7.55. The Bertz CT molecular complexity index is 208. The SMILES string of the molecule is CC(C)CC1CCCCCCC(=O)CCCC1. The number of hydrogen-bond acceptors (Lipinski definition) is 1. The summed E-state index contributed by atoms with van der Waals surface area (Å²) in [7, 11) is 0. The molecule has 1 unspecified atom stereocenters. The minimum Gasteiger partial charge on any atom is -0.300 e. The van der Waals surface area contributed by atoms with Gasteiger partial charge in [0.05, 0.1) is 0 Å². The molecule has 1 aliphatic carbocycles. The van der Waals surface area contributed by atoms with Crippen LogP contribution in [0.25, 0.3) is 0 Å². The van der Waals surface area contributed by atoms with Crippen molar-refractivity contribution in [2.24, 2.45) is 11.8 Å². The molecule has 1 aliphatic rings. The zero-order valence-electron chi connectivity index (χ0n) is 11.8. The summed E-state index contributed by atoms with van der Waals surface area (Å²) in [5.41, 5.74) is 0. The highest BCUT2D eigenvalue weighted by Gasteiger charge is 2.12. The van der Waals surface area contributed by atoms with E-state index < -0.39 is 0 Å². The molecule has 0 spiro atoms. The van der Waals surface area contributed by atoms with E-state index in [-0.39, 0.29) is 0 Å². The summed E-state index contributed by atoms with van der Waals surface area (Å²) in [5.74, 6) is 2.25. The molecule has 1 nitrogen and oxygen atoms in total. The van der Waals surface area contributed by atoms with E-state index in [0.717, 1.165) is 37.5 Å². The van der Waals surface area contributed by atoms with E-state index in [1.807, 2.05) is 0 Å². The van der Waals surface area contributed by atoms with Crippen molar-refractivity contribution in [1.82, 2.24) is 0 Å². The van der Waals surface area contributed by atoms with Crippen LogP contribution in [0.3, 0.4) is 0 Å².